The number of nitrogens with zero attached hydrogens (tertiary/aromatic N) is 5. The first-order valence-electron chi connectivity index (χ1n) is 10.8. The SMILES string of the molecule is Cc1cc2c(N)nccc2c(C)c1CNC(=O)c1cnn(Cc2cn3c(C)cccc3n2)c1. The highest BCUT2D eigenvalue weighted by molar-refractivity contribution is 5.95. The predicted molar refractivity (Wildman–Crippen MR) is 128 cm³/mol. The number of amides is 1. The van der Waals surface area contributed by atoms with E-state index < -0.39 is 0 Å². The van der Waals surface area contributed by atoms with Gasteiger partial charge in [0, 0.05) is 36.2 Å². The number of benzene rings is 1. The number of imidazole rings is 1. The minimum atomic E-state index is -0.166. The second kappa shape index (κ2) is 8.05. The molecule has 4 heterocycles. The molecule has 5 rings (SSSR count). The number of nitrogen functional groups attached to an aromatic ring is 1. The molecule has 8 heteroatoms. The summed E-state index contributed by atoms with van der Waals surface area (Å²) in [5.41, 5.74) is 12.7. The molecule has 0 fully saturated rings. The third-order valence-electron chi connectivity index (χ3n) is 6.11. The van der Waals surface area contributed by atoms with Gasteiger partial charge in [-0.3, -0.25) is 9.48 Å². The van der Waals surface area contributed by atoms with Crippen molar-refractivity contribution in [2.75, 3.05) is 5.73 Å². The lowest BCUT2D eigenvalue weighted by molar-refractivity contribution is 0.0950. The Kier molecular flexibility index (Phi) is 5.05. The van der Waals surface area contributed by atoms with Crippen molar-refractivity contribution in [1.29, 1.82) is 0 Å². The molecule has 0 radical (unpaired) electrons. The van der Waals surface area contributed by atoms with Crippen molar-refractivity contribution in [3.05, 3.63) is 88.8 Å². The second-order valence-corrected chi connectivity index (χ2v) is 8.33. The molecule has 0 bridgehead atoms. The smallest absolute Gasteiger partial charge is 0.254 e. The Morgan fingerprint density at radius 1 is 1.12 bits per heavy atom. The number of aryl methyl sites for hydroxylation is 3. The van der Waals surface area contributed by atoms with Crippen LogP contribution in [0.5, 0.6) is 0 Å². The van der Waals surface area contributed by atoms with Crippen molar-refractivity contribution >= 4 is 28.1 Å². The van der Waals surface area contributed by atoms with Gasteiger partial charge in [-0.15, -0.1) is 0 Å². The zero-order valence-corrected chi connectivity index (χ0v) is 18.8. The summed E-state index contributed by atoms with van der Waals surface area (Å²) in [5.74, 6) is 0.350. The van der Waals surface area contributed by atoms with Crippen LogP contribution >= 0.6 is 0 Å². The van der Waals surface area contributed by atoms with Crippen molar-refractivity contribution in [2.45, 2.75) is 33.9 Å². The van der Waals surface area contributed by atoms with Gasteiger partial charge < -0.3 is 15.5 Å². The van der Waals surface area contributed by atoms with Crippen LogP contribution in [0.4, 0.5) is 5.82 Å². The monoisotopic (exact) mass is 439 g/mol. The number of anilines is 1. The van der Waals surface area contributed by atoms with Crippen LogP contribution in [0.2, 0.25) is 0 Å². The van der Waals surface area contributed by atoms with Crippen molar-refractivity contribution in [3.8, 4) is 0 Å². The molecule has 0 saturated carbocycles. The number of carbonyl (C=O) groups excluding carboxylic acids is 1. The lowest BCUT2D eigenvalue weighted by atomic mass is 9.96. The summed E-state index contributed by atoms with van der Waals surface area (Å²) in [5, 5.41) is 9.36. The molecule has 166 valence electrons. The number of carbonyl (C=O) groups is 1. The van der Waals surface area contributed by atoms with Crippen LogP contribution in [0, 0.1) is 20.8 Å². The van der Waals surface area contributed by atoms with Crippen molar-refractivity contribution in [2.24, 2.45) is 0 Å². The molecule has 5 aromatic rings. The third kappa shape index (κ3) is 3.80. The molecule has 0 saturated heterocycles. The van der Waals surface area contributed by atoms with Crippen LogP contribution in [0.15, 0.2) is 55.1 Å². The van der Waals surface area contributed by atoms with Crippen LogP contribution in [0.1, 0.15) is 38.4 Å². The lowest BCUT2D eigenvalue weighted by Gasteiger charge is -2.14. The lowest BCUT2D eigenvalue weighted by Crippen LogP contribution is -2.23. The molecule has 0 aliphatic rings. The number of hydrogen-bond donors (Lipinski definition) is 2. The van der Waals surface area contributed by atoms with E-state index in [1.807, 2.05) is 61.7 Å². The van der Waals surface area contributed by atoms with Crippen molar-refractivity contribution in [3.63, 3.8) is 0 Å². The van der Waals surface area contributed by atoms with Gasteiger partial charge in [0.2, 0.25) is 0 Å². The Bertz CT molecular complexity index is 1510. The summed E-state index contributed by atoms with van der Waals surface area (Å²) in [7, 11) is 0. The van der Waals surface area contributed by atoms with E-state index in [2.05, 4.69) is 20.4 Å². The molecule has 1 aromatic carbocycles. The standard InChI is InChI=1S/C25H25N7O/c1-15-9-21-20(7-8-27-24(21)26)17(3)22(15)11-28-25(33)18-10-29-31(12-18)13-19-14-32-16(2)5-4-6-23(32)30-19/h4-10,12,14H,11,13H2,1-3H3,(H2,26,27)(H,28,33). The highest BCUT2D eigenvalue weighted by Crippen LogP contribution is 2.27. The van der Waals surface area contributed by atoms with Gasteiger partial charge in [-0.25, -0.2) is 9.97 Å². The van der Waals surface area contributed by atoms with Gasteiger partial charge in [-0.1, -0.05) is 6.07 Å². The van der Waals surface area contributed by atoms with E-state index in [4.69, 9.17) is 5.73 Å². The van der Waals surface area contributed by atoms with Gasteiger partial charge >= 0.3 is 0 Å². The van der Waals surface area contributed by atoms with Crippen LogP contribution < -0.4 is 11.1 Å². The zero-order chi connectivity index (χ0) is 23.1. The van der Waals surface area contributed by atoms with Crippen molar-refractivity contribution in [1.82, 2.24) is 29.5 Å². The molecule has 0 spiro atoms. The average Bonchev–Trinajstić information content (AvgIpc) is 3.42. The Balaban J connectivity index is 1.31. The molecule has 3 N–H and O–H groups in total. The maximum absolute atomic E-state index is 12.8. The molecule has 0 aliphatic heterocycles. The Hall–Kier alpha value is -4.20. The van der Waals surface area contributed by atoms with Gasteiger partial charge in [0.05, 0.1) is 24.0 Å². The Morgan fingerprint density at radius 3 is 2.79 bits per heavy atom. The number of hydrogen-bond acceptors (Lipinski definition) is 5. The first-order chi connectivity index (χ1) is 15.9. The van der Waals surface area contributed by atoms with Crippen LogP contribution in [0.3, 0.4) is 0 Å². The Morgan fingerprint density at radius 2 is 1.97 bits per heavy atom. The maximum atomic E-state index is 12.8. The van der Waals surface area contributed by atoms with E-state index >= 15 is 0 Å². The third-order valence-corrected chi connectivity index (χ3v) is 6.11. The largest absolute Gasteiger partial charge is 0.383 e. The molecule has 1 amide bonds. The fourth-order valence-electron chi connectivity index (χ4n) is 4.28. The van der Waals surface area contributed by atoms with Gasteiger partial charge in [-0.2, -0.15) is 5.10 Å². The number of fused-ring (bicyclic) bond motifs is 2. The minimum absolute atomic E-state index is 0.166. The summed E-state index contributed by atoms with van der Waals surface area (Å²) >= 11 is 0. The summed E-state index contributed by atoms with van der Waals surface area (Å²) in [6, 6.07) is 9.99. The van der Waals surface area contributed by atoms with E-state index in [1.54, 1.807) is 23.3 Å². The fourth-order valence-corrected chi connectivity index (χ4v) is 4.28. The first kappa shape index (κ1) is 20.7. The van der Waals surface area contributed by atoms with Crippen LogP contribution in [0.25, 0.3) is 16.4 Å². The van der Waals surface area contributed by atoms with Gasteiger partial charge in [-0.05, 0) is 67.1 Å². The van der Waals surface area contributed by atoms with Crippen LogP contribution in [-0.4, -0.2) is 30.1 Å². The molecule has 4 aromatic heterocycles. The minimum Gasteiger partial charge on any atom is -0.383 e. The van der Waals surface area contributed by atoms with E-state index in [1.165, 1.54) is 0 Å². The molecule has 0 atom stereocenters. The predicted octanol–water partition coefficient (Wildman–Crippen LogP) is 3.56. The number of nitrogens with one attached hydrogen (secondary N) is 1. The number of rotatable bonds is 5. The number of nitrogens with two attached hydrogens (primary N) is 1. The maximum Gasteiger partial charge on any atom is 0.254 e. The highest BCUT2D eigenvalue weighted by Gasteiger charge is 2.14. The first-order valence-corrected chi connectivity index (χ1v) is 10.8. The summed E-state index contributed by atoms with van der Waals surface area (Å²) in [6.45, 7) is 7.03. The molecule has 33 heavy (non-hydrogen) atoms. The molecular formula is C25H25N7O. The van der Waals surface area contributed by atoms with Gasteiger partial charge in [0.1, 0.15) is 11.5 Å². The van der Waals surface area contributed by atoms with E-state index in [0.29, 0.717) is 24.5 Å². The second-order valence-electron chi connectivity index (χ2n) is 8.33. The van der Waals surface area contributed by atoms with Crippen molar-refractivity contribution < 1.29 is 4.79 Å². The molecule has 8 nitrogen and oxygen atoms in total. The van der Waals surface area contributed by atoms with E-state index in [9.17, 15) is 4.79 Å². The quantitative estimate of drug-likeness (QED) is 0.436. The highest BCUT2D eigenvalue weighted by atomic mass is 16.1. The summed E-state index contributed by atoms with van der Waals surface area (Å²) in [6.07, 6.45) is 7.04. The normalized spacial score (nSPS) is 11.4. The van der Waals surface area contributed by atoms with E-state index in [-0.39, 0.29) is 5.91 Å². The zero-order valence-electron chi connectivity index (χ0n) is 18.8. The van der Waals surface area contributed by atoms with Gasteiger partial charge in [0.15, 0.2) is 0 Å². The molecule has 0 unspecified atom stereocenters. The Labute approximate surface area is 191 Å². The molecule has 0 aliphatic carbocycles. The fraction of sp³-hybridized carbons (Fsp3) is 0.200. The number of aromatic nitrogens is 5. The summed E-state index contributed by atoms with van der Waals surface area (Å²) in [4.78, 5) is 21.6. The van der Waals surface area contributed by atoms with Crippen LogP contribution in [-0.2, 0) is 13.1 Å². The van der Waals surface area contributed by atoms with E-state index in [0.717, 1.165) is 44.5 Å². The average molecular weight is 440 g/mol. The van der Waals surface area contributed by atoms with Gasteiger partial charge in [0.25, 0.3) is 5.91 Å². The number of pyridine rings is 2. The topological polar surface area (TPSA) is 103 Å². The summed E-state index contributed by atoms with van der Waals surface area (Å²) < 4.78 is 3.78. The molecular weight excluding hydrogens is 414 g/mol.